The van der Waals surface area contributed by atoms with Gasteiger partial charge in [0.15, 0.2) is 5.70 Å². The average molecular weight is 446 g/mol. The van der Waals surface area contributed by atoms with Crippen LogP contribution in [0.25, 0.3) is 6.08 Å². The van der Waals surface area contributed by atoms with Gasteiger partial charge in [0.05, 0.1) is 10.5 Å². The molecule has 124 valence electrons. The van der Waals surface area contributed by atoms with Gasteiger partial charge in [0.1, 0.15) is 0 Å². The molecule has 0 bridgehead atoms. The normalized spacial score (nSPS) is 15.5. The lowest BCUT2D eigenvalue weighted by Gasteiger charge is -1.99. The summed E-state index contributed by atoms with van der Waals surface area (Å²) in [7, 11) is 0. The van der Waals surface area contributed by atoms with E-state index < -0.39 is 10.9 Å². The van der Waals surface area contributed by atoms with E-state index in [1.54, 1.807) is 36.4 Å². The van der Waals surface area contributed by atoms with E-state index in [1.165, 1.54) is 12.1 Å². The molecular weight excluding hydrogens is 435 g/mol. The number of benzene rings is 2. The number of hydrogen-bond acceptors (Lipinski definition) is 5. The van der Waals surface area contributed by atoms with Gasteiger partial charge in [-0.1, -0.05) is 24.3 Å². The van der Waals surface area contributed by atoms with Gasteiger partial charge in [-0.15, -0.1) is 0 Å². The first kappa shape index (κ1) is 17.0. The summed E-state index contributed by atoms with van der Waals surface area (Å²) in [5.74, 6) is -0.310. The first-order chi connectivity index (χ1) is 12.0. The van der Waals surface area contributed by atoms with Gasteiger partial charge in [0.2, 0.25) is 5.90 Å². The van der Waals surface area contributed by atoms with Crippen LogP contribution in [0, 0.1) is 13.7 Å². The number of allylic oxidation sites excluding steroid dienone is 2. The smallest absolute Gasteiger partial charge is 0.363 e. The van der Waals surface area contributed by atoms with Crippen LogP contribution in [0.15, 0.2) is 71.4 Å². The van der Waals surface area contributed by atoms with Crippen LogP contribution in [0.2, 0.25) is 0 Å². The molecule has 0 saturated heterocycles. The SMILES string of the molecule is O=C1OC(c2cccc(I)c2)=N/C1=C/C=C/c1ccccc1[N+](=O)[O-]. The molecule has 25 heavy (non-hydrogen) atoms. The fraction of sp³-hybridized carbons (Fsp3) is 0. The van der Waals surface area contributed by atoms with Gasteiger partial charge in [0.25, 0.3) is 5.69 Å². The maximum atomic E-state index is 11.9. The molecule has 2 aromatic rings. The zero-order valence-electron chi connectivity index (χ0n) is 12.8. The van der Waals surface area contributed by atoms with Crippen LogP contribution in [0.1, 0.15) is 11.1 Å². The van der Waals surface area contributed by atoms with E-state index in [0.717, 1.165) is 3.57 Å². The highest BCUT2D eigenvalue weighted by molar-refractivity contribution is 14.1. The molecule has 7 heteroatoms. The lowest BCUT2D eigenvalue weighted by atomic mass is 10.1. The highest BCUT2D eigenvalue weighted by Crippen LogP contribution is 2.21. The second kappa shape index (κ2) is 7.39. The molecule has 0 spiro atoms. The summed E-state index contributed by atoms with van der Waals surface area (Å²) >= 11 is 2.16. The molecule has 0 fully saturated rings. The Balaban J connectivity index is 1.84. The lowest BCUT2D eigenvalue weighted by molar-refractivity contribution is -0.385. The zero-order chi connectivity index (χ0) is 17.8. The van der Waals surface area contributed by atoms with Crippen molar-refractivity contribution in [3.8, 4) is 0 Å². The van der Waals surface area contributed by atoms with Gasteiger partial charge < -0.3 is 4.74 Å². The van der Waals surface area contributed by atoms with Crippen LogP contribution in [0.3, 0.4) is 0 Å². The van der Waals surface area contributed by atoms with Crippen LogP contribution in [0.4, 0.5) is 5.69 Å². The van der Waals surface area contributed by atoms with Crippen molar-refractivity contribution in [1.82, 2.24) is 0 Å². The van der Waals surface area contributed by atoms with Gasteiger partial charge in [-0.2, -0.15) is 0 Å². The number of esters is 1. The molecule has 1 heterocycles. The monoisotopic (exact) mass is 446 g/mol. The van der Waals surface area contributed by atoms with Crippen LogP contribution in [-0.2, 0) is 9.53 Å². The molecule has 0 N–H and O–H groups in total. The van der Waals surface area contributed by atoms with Gasteiger partial charge in [-0.25, -0.2) is 9.79 Å². The zero-order valence-corrected chi connectivity index (χ0v) is 14.9. The van der Waals surface area contributed by atoms with E-state index in [2.05, 4.69) is 27.6 Å². The van der Waals surface area contributed by atoms with Gasteiger partial charge in [0, 0.05) is 15.2 Å². The van der Waals surface area contributed by atoms with E-state index >= 15 is 0 Å². The van der Waals surface area contributed by atoms with Gasteiger partial charge in [-0.3, -0.25) is 10.1 Å². The van der Waals surface area contributed by atoms with Crippen molar-refractivity contribution in [2.45, 2.75) is 0 Å². The molecule has 6 nitrogen and oxygen atoms in total. The number of carbonyl (C=O) groups is 1. The predicted octanol–water partition coefficient (Wildman–Crippen LogP) is 4.10. The molecule has 0 saturated carbocycles. The number of aliphatic imine (C=N–C) groups is 1. The summed E-state index contributed by atoms with van der Waals surface area (Å²) in [4.78, 5) is 26.6. The topological polar surface area (TPSA) is 81.8 Å². The number of rotatable bonds is 4. The molecule has 0 aliphatic carbocycles. The Labute approximate surface area is 156 Å². The predicted molar refractivity (Wildman–Crippen MR) is 102 cm³/mol. The Morgan fingerprint density at radius 2 is 1.96 bits per heavy atom. The number of nitro groups is 1. The van der Waals surface area contributed by atoms with Crippen molar-refractivity contribution in [2.75, 3.05) is 0 Å². The molecule has 3 rings (SSSR count). The summed E-state index contributed by atoms with van der Waals surface area (Å²) in [6, 6.07) is 13.8. The Morgan fingerprint density at radius 1 is 1.16 bits per heavy atom. The number of hydrogen-bond donors (Lipinski definition) is 0. The van der Waals surface area contributed by atoms with E-state index in [1.807, 2.05) is 18.2 Å². The largest absolute Gasteiger partial charge is 0.402 e. The molecule has 1 aliphatic rings. The average Bonchev–Trinajstić information content (AvgIpc) is 2.96. The standard InChI is InChI=1S/C18H11IN2O4/c19-14-8-3-7-13(11-14)17-20-15(18(22)25-17)9-4-6-12-5-1-2-10-16(12)21(23)24/h1-11H/b6-4+,15-9+. The minimum absolute atomic E-state index is 0.00537. The van der Waals surface area contributed by atoms with E-state index in [-0.39, 0.29) is 17.3 Å². The minimum atomic E-state index is -0.555. The lowest BCUT2D eigenvalue weighted by Crippen LogP contribution is -2.05. The fourth-order valence-corrected chi connectivity index (χ4v) is 2.75. The Morgan fingerprint density at radius 3 is 2.72 bits per heavy atom. The van der Waals surface area contributed by atoms with Crippen LogP contribution in [0.5, 0.6) is 0 Å². The first-order valence-corrected chi connectivity index (χ1v) is 8.31. The minimum Gasteiger partial charge on any atom is -0.402 e. The second-order valence-electron chi connectivity index (χ2n) is 5.04. The molecule has 2 aromatic carbocycles. The molecule has 1 aliphatic heterocycles. The van der Waals surface area contributed by atoms with Crippen molar-refractivity contribution in [2.24, 2.45) is 4.99 Å². The number of nitro benzene ring substituents is 1. The summed E-state index contributed by atoms with van der Waals surface area (Å²) in [5, 5.41) is 11.0. The quantitative estimate of drug-likeness (QED) is 0.233. The summed E-state index contributed by atoms with van der Waals surface area (Å²) in [6.07, 6.45) is 4.57. The highest BCUT2D eigenvalue weighted by atomic mass is 127. The molecular formula is C18H11IN2O4. The molecule has 0 aromatic heterocycles. The number of carbonyl (C=O) groups excluding carboxylic acids is 1. The third kappa shape index (κ3) is 4.00. The molecule has 0 unspecified atom stereocenters. The van der Waals surface area contributed by atoms with Crippen LogP contribution in [-0.4, -0.2) is 16.8 Å². The number of ether oxygens (including phenoxy) is 1. The molecule has 0 atom stereocenters. The summed E-state index contributed by atoms with van der Waals surface area (Å²) < 4.78 is 6.18. The van der Waals surface area contributed by atoms with Crippen molar-refractivity contribution in [3.05, 3.63) is 91.2 Å². The summed E-state index contributed by atoms with van der Waals surface area (Å²) in [5.41, 5.74) is 1.29. The van der Waals surface area contributed by atoms with Gasteiger partial charge >= 0.3 is 5.97 Å². The van der Waals surface area contributed by atoms with Crippen molar-refractivity contribution >= 4 is 46.2 Å². The van der Waals surface area contributed by atoms with Gasteiger partial charge in [-0.05, 0) is 59.0 Å². The first-order valence-electron chi connectivity index (χ1n) is 7.23. The Bertz CT molecular complexity index is 948. The molecule has 0 amide bonds. The number of halogens is 1. The molecule has 0 radical (unpaired) electrons. The number of nitrogens with zero attached hydrogens (tertiary/aromatic N) is 2. The Kier molecular flexibility index (Phi) is 5.03. The van der Waals surface area contributed by atoms with E-state index in [4.69, 9.17) is 4.74 Å². The van der Waals surface area contributed by atoms with Crippen molar-refractivity contribution in [3.63, 3.8) is 0 Å². The van der Waals surface area contributed by atoms with Crippen LogP contribution >= 0.6 is 22.6 Å². The van der Waals surface area contributed by atoms with E-state index in [9.17, 15) is 14.9 Å². The number of para-hydroxylation sites is 1. The Hall–Kier alpha value is -2.81. The second-order valence-corrected chi connectivity index (χ2v) is 6.29. The third-order valence-corrected chi connectivity index (χ3v) is 4.03. The third-order valence-electron chi connectivity index (χ3n) is 3.36. The maximum Gasteiger partial charge on any atom is 0.363 e. The van der Waals surface area contributed by atoms with Crippen molar-refractivity contribution in [1.29, 1.82) is 0 Å². The van der Waals surface area contributed by atoms with Crippen LogP contribution < -0.4 is 0 Å². The van der Waals surface area contributed by atoms with E-state index in [0.29, 0.717) is 11.1 Å². The highest BCUT2D eigenvalue weighted by Gasteiger charge is 2.23. The van der Waals surface area contributed by atoms with Crippen molar-refractivity contribution < 1.29 is 14.5 Å². The number of cyclic esters (lactones) is 1. The maximum absolute atomic E-state index is 11.9. The fourth-order valence-electron chi connectivity index (χ4n) is 2.21. The summed E-state index contributed by atoms with van der Waals surface area (Å²) in [6.45, 7) is 0.